The Kier molecular flexibility index (Phi) is 6.01. The number of anilines is 1. The number of rotatable bonds is 6. The summed E-state index contributed by atoms with van der Waals surface area (Å²) in [6.45, 7) is -0.724. The van der Waals surface area contributed by atoms with Crippen molar-refractivity contribution < 1.29 is 23.4 Å². The largest absolute Gasteiger partial charge is 0.485 e. The quantitative estimate of drug-likeness (QED) is 0.831. The van der Waals surface area contributed by atoms with Gasteiger partial charge in [0.15, 0.2) is 0 Å². The van der Waals surface area contributed by atoms with Crippen molar-refractivity contribution in [1.29, 1.82) is 0 Å². The zero-order valence-electron chi connectivity index (χ0n) is 10.5. The highest BCUT2D eigenvalue weighted by atomic mass is 19.3. The van der Waals surface area contributed by atoms with Crippen LogP contribution in [0.25, 0.3) is 0 Å². The SMILES string of the molecule is CN(CCO)C(=O)Nc1ccccc1OCC(F)F. The summed E-state index contributed by atoms with van der Waals surface area (Å²) in [4.78, 5) is 13.0. The second-order valence-corrected chi connectivity index (χ2v) is 3.77. The number of aliphatic hydroxyl groups excluding tert-OH is 1. The van der Waals surface area contributed by atoms with Crippen molar-refractivity contribution in [2.45, 2.75) is 6.43 Å². The summed E-state index contributed by atoms with van der Waals surface area (Å²) in [5, 5.41) is 11.2. The van der Waals surface area contributed by atoms with E-state index in [-0.39, 0.29) is 18.9 Å². The average Bonchev–Trinajstić information content (AvgIpc) is 2.37. The number of carbonyl (C=O) groups is 1. The van der Waals surface area contributed by atoms with Gasteiger partial charge in [-0.25, -0.2) is 13.6 Å². The van der Waals surface area contributed by atoms with Crippen molar-refractivity contribution in [2.75, 3.05) is 32.1 Å². The van der Waals surface area contributed by atoms with E-state index in [1.165, 1.54) is 18.0 Å². The van der Waals surface area contributed by atoms with Crippen LogP contribution in [0.3, 0.4) is 0 Å². The molecule has 0 unspecified atom stereocenters. The maximum Gasteiger partial charge on any atom is 0.321 e. The van der Waals surface area contributed by atoms with Crippen LogP contribution in [0.1, 0.15) is 0 Å². The van der Waals surface area contributed by atoms with Crippen LogP contribution in [0.4, 0.5) is 19.3 Å². The number of halogens is 2. The van der Waals surface area contributed by atoms with Gasteiger partial charge in [-0.3, -0.25) is 0 Å². The highest BCUT2D eigenvalue weighted by molar-refractivity contribution is 5.90. The van der Waals surface area contributed by atoms with Crippen LogP contribution >= 0.6 is 0 Å². The van der Waals surface area contributed by atoms with Gasteiger partial charge in [0.05, 0.1) is 12.3 Å². The fourth-order valence-electron chi connectivity index (χ4n) is 1.31. The lowest BCUT2D eigenvalue weighted by molar-refractivity contribution is 0.0822. The molecule has 0 radical (unpaired) electrons. The number of carbonyl (C=O) groups excluding carboxylic acids is 1. The van der Waals surface area contributed by atoms with Gasteiger partial charge in [0.25, 0.3) is 6.43 Å². The van der Waals surface area contributed by atoms with Gasteiger partial charge in [0.1, 0.15) is 12.4 Å². The molecule has 1 aromatic carbocycles. The van der Waals surface area contributed by atoms with Gasteiger partial charge >= 0.3 is 6.03 Å². The third kappa shape index (κ3) is 5.09. The normalized spacial score (nSPS) is 10.4. The maximum atomic E-state index is 12.1. The number of hydrogen-bond acceptors (Lipinski definition) is 3. The van der Waals surface area contributed by atoms with Gasteiger partial charge in [0.2, 0.25) is 0 Å². The van der Waals surface area contributed by atoms with Gasteiger partial charge in [-0.2, -0.15) is 0 Å². The summed E-state index contributed by atoms with van der Waals surface area (Å²) in [6, 6.07) is 5.85. The minimum Gasteiger partial charge on any atom is -0.485 e. The molecule has 106 valence electrons. The molecule has 0 saturated heterocycles. The predicted octanol–water partition coefficient (Wildman–Crippen LogP) is 1.79. The smallest absolute Gasteiger partial charge is 0.321 e. The van der Waals surface area contributed by atoms with Gasteiger partial charge in [-0.05, 0) is 12.1 Å². The lowest BCUT2D eigenvalue weighted by atomic mass is 10.3. The minimum absolute atomic E-state index is 0.159. The third-order valence-corrected chi connectivity index (χ3v) is 2.28. The summed E-state index contributed by atoms with van der Waals surface area (Å²) < 4.78 is 29.1. The fraction of sp³-hybridized carbons (Fsp3) is 0.417. The molecule has 0 aromatic heterocycles. The van der Waals surface area contributed by atoms with Crippen LogP contribution in [0.2, 0.25) is 0 Å². The first-order valence-electron chi connectivity index (χ1n) is 5.67. The molecule has 1 aromatic rings. The molecular formula is C12H16F2N2O3. The first-order valence-corrected chi connectivity index (χ1v) is 5.67. The molecule has 0 aliphatic carbocycles. The minimum atomic E-state index is -2.58. The molecule has 19 heavy (non-hydrogen) atoms. The molecule has 7 heteroatoms. The molecule has 0 aliphatic rings. The molecule has 5 nitrogen and oxygen atoms in total. The van der Waals surface area contributed by atoms with Crippen LogP contribution in [-0.2, 0) is 0 Å². The number of aliphatic hydroxyl groups is 1. The van der Waals surface area contributed by atoms with Crippen molar-refractivity contribution in [1.82, 2.24) is 4.90 Å². The van der Waals surface area contributed by atoms with Crippen LogP contribution in [0.15, 0.2) is 24.3 Å². The van der Waals surface area contributed by atoms with Crippen molar-refractivity contribution in [3.63, 3.8) is 0 Å². The molecule has 0 bridgehead atoms. The van der Waals surface area contributed by atoms with Crippen LogP contribution in [0.5, 0.6) is 5.75 Å². The molecule has 1 rings (SSSR count). The number of hydrogen-bond donors (Lipinski definition) is 2. The van der Waals surface area contributed by atoms with Crippen molar-refractivity contribution in [2.24, 2.45) is 0 Å². The summed E-state index contributed by atoms with van der Waals surface area (Å²) >= 11 is 0. The van der Waals surface area contributed by atoms with Crippen LogP contribution < -0.4 is 10.1 Å². The van der Waals surface area contributed by atoms with Gasteiger partial charge in [-0.15, -0.1) is 0 Å². The zero-order valence-corrected chi connectivity index (χ0v) is 10.5. The molecular weight excluding hydrogens is 258 g/mol. The van der Waals surface area contributed by atoms with E-state index in [0.717, 1.165) is 0 Å². The number of alkyl halides is 2. The average molecular weight is 274 g/mol. The topological polar surface area (TPSA) is 61.8 Å². The van der Waals surface area contributed by atoms with E-state index in [4.69, 9.17) is 9.84 Å². The first-order chi connectivity index (χ1) is 9.04. The van der Waals surface area contributed by atoms with Crippen LogP contribution in [-0.4, -0.2) is 49.3 Å². The van der Waals surface area contributed by atoms with Crippen molar-refractivity contribution >= 4 is 11.7 Å². The maximum absolute atomic E-state index is 12.1. The summed E-state index contributed by atoms with van der Waals surface area (Å²) in [5.74, 6) is 0.175. The Hall–Kier alpha value is -1.89. The number of nitrogens with zero attached hydrogens (tertiary/aromatic N) is 1. The van der Waals surface area contributed by atoms with E-state index in [0.29, 0.717) is 5.69 Å². The molecule has 0 atom stereocenters. The Labute approximate surface area is 109 Å². The Morgan fingerprint density at radius 1 is 1.47 bits per heavy atom. The predicted molar refractivity (Wildman–Crippen MR) is 66.7 cm³/mol. The van der Waals surface area contributed by atoms with E-state index in [9.17, 15) is 13.6 Å². The zero-order chi connectivity index (χ0) is 14.3. The van der Waals surface area contributed by atoms with E-state index < -0.39 is 19.1 Å². The molecule has 0 fully saturated rings. The highest BCUT2D eigenvalue weighted by Gasteiger charge is 2.12. The number of likely N-dealkylation sites (N-methyl/N-ethyl adjacent to an activating group) is 1. The first kappa shape index (κ1) is 15.2. The Morgan fingerprint density at radius 3 is 2.79 bits per heavy atom. The molecule has 2 amide bonds. The lowest BCUT2D eigenvalue weighted by Gasteiger charge is -2.18. The number of para-hydroxylation sites is 2. The Balaban J connectivity index is 2.69. The van der Waals surface area contributed by atoms with Gasteiger partial charge in [-0.1, -0.05) is 12.1 Å². The lowest BCUT2D eigenvalue weighted by Crippen LogP contribution is -2.33. The van der Waals surface area contributed by atoms with E-state index >= 15 is 0 Å². The summed E-state index contributed by atoms with van der Waals surface area (Å²) in [5.41, 5.74) is 0.304. The summed E-state index contributed by atoms with van der Waals surface area (Å²) in [7, 11) is 1.51. The second kappa shape index (κ2) is 7.52. The van der Waals surface area contributed by atoms with Gasteiger partial charge in [0, 0.05) is 13.6 Å². The molecule has 0 spiro atoms. The molecule has 0 heterocycles. The van der Waals surface area contributed by atoms with Gasteiger partial charge < -0.3 is 20.1 Å². The van der Waals surface area contributed by atoms with E-state index in [2.05, 4.69) is 5.32 Å². The molecule has 2 N–H and O–H groups in total. The Morgan fingerprint density at radius 2 is 2.16 bits per heavy atom. The molecule has 0 aliphatic heterocycles. The number of ether oxygens (including phenoxy) is 1. The van der Waals surface area contributed by atoms with E-state index in [1.807, 2.05) is 0 Å². The van der Waals surface area contributed by atoms with E-state index in [1.54, 1.807) is 18.2 Å². The number of nitrogens with one attached hydrogen (secondary N) is 1. The number of urea groups is 1. The van der Waals surface area contributed by atoms with Crippen molar-refractivity contribution in [3.8, 4) is 5.75 Å². The van der Waals surface area contributed by atoms with Crippen LogP contribution in [0, 0.1) is 0 Å². The number of benzene rings is 1. The second-order valence-electron chi connectivity index (χ2n) is 3.77. The Bertz CT molecular complexity index is 416. The highest BCUT2D eigenvalue weighted by Crippen LogP contribution is 2.24. The standard InChI is InChI=1S/C12H16F2N2O3/c1-16(6-7-17)12(18)15-9-4-2-3-5-10(9)19-8-11(13)14/h2-5,11,17H,6-8H2,1H3,(H,15,18). The summed E-state index contributed by atoms with van der Waals surface area (Å²) in [6.07, 6.45) is -2.58. The number of amides is 2. The monoisotopic (exact) mass is 274 g/mol. The van der Waals surface area contributed by atoms with Crippen molar-refractivity contribution in [3.05, 3.63) is 24.3 Å². The fourth-order valence-corrected chi connectivity index (χ4v) is 1.31. The molecule has 0 saturated carbocycles. The third-order valence-electron chi connectivity index (χ3n) is 2.28.